The second kappa shape index (κ2) is 6.49. The molecular formula is C12H21N3O. The molecule has 1 atom stereocenters. The van der Waals surface area contributed by atoms with Crippen molar-refractivity contribution in [3.63, 3.8) is 0 Å². The van der Waals surface area contributed by atoms with Crippen molar-refractivity contribution in [3.05, 3.63) is 0 Å². The number of carbonyl (C=O) groups excluding carboxylic acids is 1. The van der Waals surface area contributed by atoms with Gasteiger partial charge in [-0.3, -0.25) is 4.79 Å². The first-order valence-corrected chi connectivity index (χ1v) is 6.05. The van der Waals surface area contributed by atoms with E-state index in [4.69, 9.17) is 5.26 Å². The molecule has 1 heterocycles. The minimum absolute atomic E-state index is 0.106. The molecule has 1 aliphatic rings. The predicted molar refractivity (Wildman–Crippen MR) is 62.7 cm³/mol. The SMILES string of the molecule is CC(C)N(CCC#N)C(=O)C1CCCNC1. The number of rotatable bonds is 4. The molecule has 1 unspecified atom stereocenters. The van der Waals surface area contributed by atoms with E-state index in [-0.39, 0.29) is 17.9 Å². The van der Waals surface area contributed by atoms with E-state index in [1.165, 1.54) is 0 Å². The maximum absolute atomic E-state index is 12.2. The molecule has 16 heavy (non-hydrogen) atoms. The summed E-state index contributed by atoms with van der Waals surface area (Å²) in [6, 6.07) is 2.28. The van der Waals surface area contributed by atoms with Gasteiger partial charge in [-0.2, -0.15) is 5.26 Å². The first-order chi connectivity index (χ1) is 7.66. The van der Waals surface area contributed by atoms with Crippen LogP contribution in [0, 0.1) is 17.2 Å². The minimum Gasteiger partial charge on any atom is -0.339 e. The molecule has 4 nitrogen and oxygen atoms in total. The molecule has 4 heteroatoms. The molecule has 0 spiro atoms. The molecule has 90 valence electrons. The monoisotopic (exact) mass is 223 g/mol. The molecule has 1 fully saturated rings. The Morgan fingerprint density at radius 3 is 2.88 bits per heavy atom. The van der Waals surface area contributed by atoms with Gasteiger partial charge in [0.15, 0.2) is 0 Å². The standard InChI is InChI=1S/C12H21N3O/c1-10(2)15(8-4-6-13)12(16)11-5-3-7-14-9-11/h10-11,14H,3-5,7-9H2,1-2H3. The van der Waals surface area contributed by atoms with Crippen LogP contribution in [0.25, 0.3) is 0 Å². The fourth-order valence-corrected chi connectivity index (χ4v) is 2.09. The summed E-state index contributed by atoms with van der Waals surface area (Å²) in [4.78, 5) is 14.1. The summed E-state index contributed by atoms with van der Waals surface area (Å²) < 4.78 is 0. The number of nitriles is 1. The third-order valence-corrected chi connectivity index (χ3v) is 3.02. The lowest BCUT2D eigenvalue weighted by molar-refractivity contribution is -0.137. The van der Waals surface area contributed by atoms with Crippen LogP contribution in [-0.4, -0.2) is 36.5 Å². The van der Waals surface area contributed by atoms with E-state index < -0.39 is 0 Å². The van der Waals surface area contributed by atoms with Gasteiger partial charge in [-0.15, -0.1) is 0 Å². The highest BCUT2D eigenvalue weighted by atomic mass is 16.2. The quantitative estimate of drug-likeness (QED) is 0.777. The third kappa shape index (κ3) is 3.49. The summed E-state index contributed by atoms with van der Waals surface area (Å²) in [5.74, 6) is 0.312. The van der Waals surface area contributed by atoms with Crippen molar-refractivity contribution >= 4 is 5.91 Å². The van der Waals surface area contributed by atoms with E-state index in [1.807, 2.05) is 18.7 Å². The van der Waals surface area contributed by atoms with E-state index >= 15 is 0 Å². The highest BCUT2D eigenvalue weighted by Gasteiger charge is 2.26. The Balaban J connectivity index is 2.55. The number of hydrogen-bond donors (Lipinski definition) is 1. The van der Waals surface area contributed by atoms with Crippen LogP contribution in [-0.2, 0) is 4.79 Å². The van der Waals surface area contributed by atoms with Crippen LogP contribution in [0.1, 0.15) is 33.1 Å². The molecule has 1 rings (SSSR count). The van der Waals surface area contributed by atoms with Gasteiger partial charge in [0.05, 0.1) is 18.4 Å². The largest absolute Gasteiger partial charge is 0.339 e. The van der Waals surface area contributed by atoms with Crippen LogP contribution < -0.4 is 5.32 Å². The number of nitrogens with zero attached hydrogens (tertiary/aromatic N) is 2. The third-order valence-electron chi connectivity index (χ3n) is 3.02. The molecule has 0 aromatic rings. The fourth-order valence-electron chi connectivity index (χ4n) is 2.09. The zero-order chi connectivity index (χ0) is 12.0. The topological polar surface area (TPSA) is 56.1 Å². The lowest BCUT2D eigenvalue weighted by Gasteiger charge is -2.32. The van der Waals surface area contributed by atoms with Gasteiger partial charge in [0, 0.05) is 19.1 Å². The van der Waals surface area contributed by atoms with Crippen molar-refractivity contribution in [1.29, 1.82) is 5.26 Å². The lowest BCUT2D eigenvalue weighted by Crippen LogP contribution is -2.46. The van der Waals surface area contributed by atoms with Crippen LogP contribution in [0.15, 0.2) is 0 Å². The lowest BCUT2D eigenvalue weighted by atomic mass is 9.97. The summed E-state index contributed by atoms with van der Waals surface area (Å²) in [5, 5.41) is 11.8. The smallest absolute Gasteiger partial charge is 0.227 e. The Labute approximate surface area is 97.6 Å². The summed E-state index contributed by atoms with van der Waals surface area (Å²) in [6.07, 6.45) is 2.46. The highest BCUT2D eigenvalue weighted by Crippen LogP contribution is 2.15. The summed E-state index contributed by atoms with van der Waals surface area (Å²) in [7, 11) is 0. The Bertz CT molecular complexity index is 264. The second-order valence-corrected chi connectivity index (χ2v) is 4.58. The maximum Gasteiger partial charge on any atom is 0.227 e. The molecule has 0 saturated carbocycles. The van der Waals surface area contributed by atoms with Gasteiger partial charge in [-0.05, 0) is 33.2 Å². The normalized spacial score (nSPS) is 20.5. The summed E-state index contributed by atoms with van der Waals surface area (Å²) in [5.41, 5.74) is 0. The minimum atomic E-state index is 0.106. The van der Waals surface area contributed by atoms with Gasteiger partial charge >= 0.3 is 0 Å². The predicted octanol–water partition coefficient (Wildman–Crippen LogP) is 1.14. The van der Waals surface area contributed by atoms with Crippen LogP contribution in [0.3, 0.4) is 0 Å². The Morgan fingerprint density at radius 2 is 2.38 bits per heavy atom. The van der Waals surface area contributed by atoms with Crippen molar-refractivity contribution < 1.29 is 4.79 Å². The number of amides is 1. The first kappa shape index (κ1) is 13.0. The van der Waals surface area contributed by atoms with Gasteiger partial charge < -0.3 is 10.2 Å². The Kier molecular flexibility index (Phi) is 5.27. The van der Waals surface area contributed by atoms with Crippen LogP contribution >= 0.6 is 0 Å². The number of hydrogen-bond acceptors (Lipinski definition) is 3. The average molecular weight is 223 g/mol. The van der Waals surface area contributed by atoms with Crippen molar-refractivity contribution in [2.75, 3.05) is 19.6 Å². The fraction of sp³-hybridized carbons (Fsp3) is 0.833. The molecule has 1 amide bonds. The average Bonchev–Trinajstić information content (AvgIpc) is 2.30. The van der Waals surface area contributed by atoms with Gasteiger partial charge in [0.25, 0.3) is 0 Å². The molecule has 1 N–H and O–H groups in total. The number of piperidine rings is 1. The summed E-state index contributed by atoms with van der Waals surface area (Å²) >= 11 is 0. The molecular weight excluding hydrogens is 202 g/mol. The number of nitrogens with one attached hydrogen (secondary N) is 1. The van der Waals surface area contributed by atoms with Crippen LogP contribution in [0.2, 0.25) is 0 Å². The van der Waals surface area contributed by atoms with Crippen molar-refractivity contribution in [3.8, 4) is 6.07 Å². The van der Waals surface area contributed by atoms with Gasteiger partial charge in [0.2, 0.25) is 5.91 Å². The molecule has 0 aromatic heterocycles. The van der Waals surface area contributed by atoms with Crippen molar-refractivity contribution in [1.82, 2.24) is 10.2 Å². The molecule has 0 aromatic carbocycles. The van der Waals surface area contributed by atoms with Crippen LogP contribution in [0.5, 0.6) is 0 Å². The zero-order valence-electron chi connectivity index (χ0n) is 10.2. The Morgan fingerprint density at radius 1 is 1.62 bits per heavy atom. The van der Waals surface area contributed by atoms with Crippen LogP contribution in [0.4, 0.5) is 0 Å². The molecule has 0 aliphatic carbocycles. The van der Waals surface area contributed by atoms with Gasteiger partial charge in [0.1, 0.15) is 0 Å². The van der Waals surface area contributed by atoms with E-state index in [2.05, 4.69) is 11.4 Å². The molecule has 1 aliphatic heterocycles. The number of carbonyl (C=O) groups is 1. The van der Waals surface area contributed by atoms with E-state index in [0.717, 1.165) is 25.9 Å². The molecule has 0 bridgehead atoms. The Hall–Kier alpha value is -1.08. The highest BCUT2D eigenvalue weighted by molar-refractivity contribution is 5.79. The van der Waals surface area contributed by atoms with E-state index in [0.29, 0.717) is 13.0 Å². The van der Waals surface area contributed by atoms with Crippen molar-refractivity contribution in [2.24, 2.45) is 5.92 Å². The maximum atomic E-state index is 12.2. The second-order valence-electron chi connectivity index (χ2n) is 4.58. The molecule has 0 radical (unpaired) electrons. The first-order valence-electron chi connectivity index (χ1n) is 6.05. The van der Waals surface area contributed by atoms with Gasteiger partial charge in [-0.1, -0.05) is 0 Å². The van der Waals surface area contributed by atoms with Gasteiger partial charge in [-0.25, -0.2) is 0 Å². The summed E-state index contributed by atoms with van der Waals surface area (Å²) in [6.45, 7) is 6.37. The van der Waals surface area contributed by atoms with Crippen molar-refractivity contribution in [2.45, 2.75) is 39.2 Å². The van der Waals surface area contributed by atoms with E-state index in [1.54, 1.807) is 0 Å². The van der Waals surface area contributed by atoms with E-state index in [9.17, 15) is 4.79 Å². The zero-order valence-corrected chi connectivity index (χ0v) is 10.2. The molecule has 1 saturated heterocycles.